The fourth-order valence-electron chi connectivity index (χ4n) is 2.05. The minimum atomic E-state index is 0.0820. The first-order valence-corrected chi connectivity index (χ1v) is 6.51. The van der Waals surface area contributed by atoms with E-state index in [1.54, 1.807) is 6.92 Å². The van der Waals surface area contributed by atoms with Crippen molar-refractivity contribution in [1.82, 2.24) is 0 Å². The number of carbonyl (C=O) groups is 1. The van der Waals surface area contributed by atoms with Crippen molar-refractivity contribution in [1.29, 1.82) is 0 Å². The molecule has 0 fully saturated rings. The molecule has 98 valence electrons. The molecule has 0 unspecified atom stereocenters. The monoisotopic (exact) mass is 273 g/mol. The molecule has 0 heterocycles. The minimum Gasteiger partial charge on any atom is -0.370 e. The van der Waals surface area contributed by atoms with Crippen molar-refractivity contribution in [2.24, 2.45) is 0 Å². The van der Waals surface area contributed by atoms with Crippen LogP contribution >= 0.6 is 11.6 Å². The quantitative estimate of drug-likeness (QED) is 0.779. The fourth-order valence-corrected chi connectivity index (χ4v) is 2.18. The molecule has 0 bridgehead atoms. The third kappa shape index (κ3) is 3.36. The Labute approximate surface area is 118 Å². The van der Waals surface area contributed by atoms with Gasteiger partial charge in [-0.05, 0) is 36.8 Å². The molecule has 0 spiro atoms. The lowest BCUT2D eigenvalue weighted by atomic mass is 10.1. The zero-order valence-corrected chi connectivity index (χ0v) is 11.8. The van der Waals surface area contributed by atoms with Gasteiger partial charge in [0.05, 0.1) is 0 Å². The van der Waals surface area contributed by atoms with Gasteiger partial charge < -0.3 is 4.90 Å². The highest BCUT2D eigenvalue weighted by Gasteiger charge is 2.10. The lowest BCUT2D eigenvalue weighted by Gasteiger charge is -2.21. The number of benzene rings is 2. The summed E-state index contributed by atoms with van der Waals surface area (Å²) in [6.45, 7) is 2.33. The molecular formula is C16H16ClNO. The van der Waals surface area contributed by atoms with Crippen molar-refractivity contribution in [3.05, 3.63) is 64.7 Å². The van der Waals surface area contributed by atoms with E-state index in [-0.39, 0.29) is 5.78 Å². The molecule has 2 rings (SSSR count). The molecule has 0 radical (unpaired) electrons. The van der Waals surface area contributed by atoms with Crippen molar-refractivity contribution in [3.63, 3.8) is 0 Å². The van der Waals surface area contributed by atoms with Crippen molar-refractivity contribution >= 4 is 23.1 Å². The van der Waals surface area contributed by atoms with Crippen molar-refractivity contribution in [2.45, 2.75) is 13.5 Å². The van der Waals surface area contributed by atoms with Gasteiger partial charge >= 0.3 is 0 Å². The van der Waals surface area contributed by atoms with Crippen LogP contribution in [0.15, 0.2) is 48.5 Å². The van der Waals surface area contributed by atoms with E-state index in [9.17, 15) is 4.79 Å². The molecule has 19 heavy (non-hydrogen) atoms. The number of hydrogen-bond acceptors (Lipinski definition) is 2. The van der Waals surface area contributed by atoms with Gasteiger partial charge in [-0.3, -0.25) is 4.79 Å². The Hall–Kier alpha value is -1.80. The molecule has 0 aromatic heterocycles. The summed E-state index contributed by atoms with van der Waals surface area (Å²) in [5.41, 5.74) is 2.86. The van der Waals surface area contributed by atoms with E-state index in [0.717, 1.165) is 28.4 Å². The first-order valence-electron chi connectivity index (χ1n) is 6.13. The first-order chi connectivity index (χ1) is 9.08. The molecule has 0 N–H and O–H groups in total. The number of anilines is 1. The summed E-state index contributed by atoms with van der Waals surface area (Å²) in [5, 5.41) is 0.732. The maximum absolute atomic E-state index is 11.6. The second kappa shape index (κ2) is 5.89. The van der Waals surface area contributed by atoms with E-state index in [1.165, 1.54) is 0 Å². The van der Waals surface area contributed by atoms with Gasteiger partial charge in [-0.25, -0.2) is 0 Å². The SMILES string of the molecule is CC(=O)c1ccccc1N(C)Cc1ccc(Cl)cc1. The lowest BCUT2D eigenvalue weighted by molar-refractivity contribution is 0.101. The fraction of sp³-hybridized carbons (Fsp3) is 0.188. The standard InChI is InChI=1S/C16H16ClNO/c1-12(19)15-5-3-4-6-16(15)18(2)11-13-7-9-14(17)10-8-13/h3-10H,11H2,1-2H3. The number of carbonyl (C=O) groups excluding carboxylic acids is 1. The Morgan fingerprint density at radius 3 is 2.37 bits per heavy atom. The highest BCUT2D eigenvalue weighted by Crippen LogP contribution is 2.22. The molecule has 0 saturated carbocycles. The molecule has 0 aliphatic rings. The summed E-state index contributed by atoms with van der Waals surface area (Å²) in [7, 11) is 1.98. The molecule has 0 atom stereocenters. The van der Waals surface area contributed by atoms with Crippen LogP contribution in [0.1, 0.15) is 22.8 Å². The van der Waals surface area contributed by atoms with Crippen LogP contribution < -0.4 is 4.90 Å². The van der Waals surface area contributed by atoms with E-state index in [1.807, 2.05) is 55.6 Å². The number of Topliss-reactive ketones (excluding diaryl/α,β-unsaturated/α-hetero) is 1. The zero-order valence-electron chi connectivity index (χ0n) is 11.1. The smallest absolute Gasteiger partial charge is 0.161 e. The molecular weight excluding hydrogens is 258 g/mol. The number of ketones is 1. The minimum absolute atomic E-state index is 0.0820. The number of halogens is 1. The summed E-state index contributed by atoms with van der Waals surface area (Å²) >= 11 is 5.87. The van der Waals surface area contributed by atoms with Gasteiger partial charge in [-0.15, -0.1) is 0 Å². The summed E-state index contributed by atoms with van der Waals surface area (Å²) in [6, 6.07) is 15.4. The highest BCUT2D eigenvalue weighted by molar-refractivity contribution is 6.30. The van der Waals surface area contributed by atoms with Gasteiger partial charge in [0.2, 0.25) is 0 Å². The van der Waals surface area contributed by atoms with Crippen LogP contribution in [0.5, 0.6) is 0 Å². The molecule has 2 aromatic carbocycles. The number of nitrogens with zero attached hydrogens (tertiary/aromatic N) is 1. The van der Waals surface area contributed by atoms with Crippen molar-refractivity contribution in [2.75, 3.05) is 11.9 Å². The number of para-hydroxylation sites is 1. The normalized spacial score (nSPS) is 10.3. The van der Waals surface area contributed by atoms with Gasteiger partial charge in [0.25, 0.3) is 0 Å². The van der Waals surface area contributed by atoms with E-state index in [0.29, 0.717) is 0 Å². The van der Waals surface area contributed by atoms with Gasteiger partial charge in [-0.2, -0.15) is 0 Å². The predicted molar refractivity (Wildman–Crippen MR) is 80.0 cm³/mol. The molecule has 3 heteroatoms. The summed E-state index contributed by atoms with van der Waals surface area (Å²) in [5.74, 6) is 0.0820. The Morgan fingerprint density at radius 1 is 1.11 bits per heavy atom. The molecule has 0 amide bonds. The zero-order chi connectivity index (χ0) is 13.8. The van der Waals surface area contributed by atoms with Crippen LogP contribution in [0.2, 0.25) is 5.02 Å². The average Bonchev–Trinajstić information content (AvgIpc) is 2.41. The van der Waals surface area contributed by atoms with Crippen LogP contribution in [0.4, 0.5) is 5.69 Å². The summed E-state index contributed by atoms with van der Waals surface area (Å²) < 4.78 is 0. The van der Waals surface area contributed by atoms with Crippen LogP contribution in [0.25, 0.3) is 0 Å². The van der Waals surface area contributed by atoms with E-state index in [2.05, 4.69) is 4.90 Å². The van der Waals surface area contributed by atoms with E-state index >= 15 is 0 Å². The van der Waals surface area contributed by atoms with Crippen molar-refractivity contribution < 1.29 is 4.79 Å². The van der Waals surface area contributed by atoms with E-state index in [4.69, 9.17) is 11.6 Å². The topological polar surface area (TPSA) is 20.3 Å². The Morgan fingerprint density at radius 2 is 1.74 bits per heavy atom. The molecule has 2 nitrogen and oxygen atoms in total. The highest BCUT2D eigenvalue weighted by atomic mass is 35.5. The molecule has 0 aliphatic carbocycles. The van der Waals surface area contributed by atoms with Gasteiger partial charge in [0.15, 0.2) is 5.78 Å². The van der Waals surface area contributed by atoms with Crippen molar-refractivity contribution in [3.8, 4) is 0 Å². The van der Waals surface area contributed by atoms with E-state index < -0.39 is 0 Å². The van der Waals surface area contributed by atoms with Gasteiger partial charge in [0.1, 0.15) is 0 Å². The van der Waals surface area contributed by atoms with Crippen LogP contribution in [0.3, 0.4) is 0 Å². The average molecular weight is 274 g/mol. The second-order valence-electron chi connectivity index (χ2n) is 4.56. The summed E-state index contributed by atoms with van der Waals surface area (Å²) in [4.78, 5) is 13.7. The molecule has 0 saturated heterocycles. The largest absolute Gasteiger partial charge is 0.370 e. The van der Waals surface area contributed by atoms with Gasteiger partial charge in [0, 0.05) is 29.9 Å². The van der Waals surface area contributed by atoms with Crippen LogP contribution in [-0.2, 0) is 6.54 Å². The summed E-state index contributed by atoms with van der Waals surface area (Å²) in [6.07, 6.45) is 0. The third-order valence-electron chi connectivity index (χ3n) is 3.03. The first kappa shape index (κ1) is 13.6. The number of hydrogen-bond donors (Lipinski definition) is 0. The Bertz CT molecular complexity index is 578. The lowest BCUT2D eigenvalue weighted by Crippen LogP contribution is -2.18. The maximum Gasteiger partial charge on any atom is 0.161 e. The Kier molecular flexibility index (Phi) is 4.23. The predicted octanol–water partition coefficient (Wildman–Crippen LogP) is 4.18. The Balaban J connectivity index is 2.22. The van der Waals surface area contributed by atoms with Gasteiger partial charge in [-0.1, -0.05) is 35.9 Å². The third-order valence-corrected chi connectivity index (χ3v) is 3.28. The number of rotatable bonds is 4. The van der Waals surface area contributed by atoms with Crippen LogP contribution in [0, 0.1) is 0 Å². The van der Waals surface area contributed by atoms with Crippen LogP contribution in [-0.4, -0.2) is 12.8 Å². The second-order valence-corrected chi connectivity index (χ2v) is 4.99. The molecule has 0 aliphatic heterocycles. The maximum atomic E-state index is 11.6. The molecule has 2 aromatic rings.